The van der Waals surface area contributed by atoms with E-state index in [1.807, 2.05) is 0 Å². The second-order valence-corrected chi connectivity index (χ2v) is 4.68. The minimum absolute atomic E-state index is 0.0179. The Morgan fingerprint density at radius 2 is 2.06 bits per heavy atom. The summed E-state index contributed by atoms with van der Waals surface area (Å²) >= 11 is 0. The molecule has 5 nitrogen and oxygen atoms in total. The number of hydrogen-bond acceptors (Lipinski definition) is 4. The van der Waals surface area contributed by atoms with Gasteiger partial charge in [-0.3, -0.25) is 9.59 Å². The molecule has 0 aliphatic carbocycles. The molecule has 1 atom stereocenters. The van der Waals surface area contributed by atoms with E-state index in [0.717, 1.165) is 51.6 Å². The molecular formula is C13H24N2O3. The summed E-state index contributed by atoms with van der Waals surface area (Å²) in [5.41, 5.74) is 0. The number of nitrogens with one attached hydrogen (secondary N) is 2. The topological polar surface area (TPSA) is 67.4 Å². The lowest BCUT2D eigenvalue weighted by Crippen LogP contribution is -2.40. The van der Waals surface area contributed by atoms with Crippen LogP contribution >= 0.6 is 0 Å². The lowest BCUT2D eigenvalue weighted by atomic mass is 10.1. The van der Waals surface area contributed by atoms with Gasteiger partial charge in [0.25, 0.3) is 0 Å². The summed E-state index contributed by atoms with van der Waals surface area (Å²) in [6, 6.07) is 0.0179. The molecule has 0 spiro atoms. The van der Waals surface area contributed by atoms with Gasteiger partial charge in [0.15, 0.2) is 0 Å². The lowest BCUT2D eigenvalue weighted by molar-refractivity contribution is -0.140. The summed E-state index contributed by atoms with van der Waals surface area (Å²) in [7, 11) is 1.41. The van der Waals surface area contributed by atoms with Crippen LogP contribution in [0, 0.1) is 0 Å². The average molecular weight is 256 g/mol. The summed E-state index contributed by atoms with van der Waals surface area (Å²) in [5.74, 6) is -0.0160. The maximum atomic E-state index is 11.6. The van der Waals surface area contributed by atoms with Crippen molar-refractivity contribution in [1.29, 1.82) is 0 Å². The van der Waals surface area contributed by atoms with Crippen molar-refractivity contribution >= 4 is 11.9 Å². The van der Waals surface area contributed by atoms with E-state index in [-0.39, 0.29) is 17.9 Å². The van der Waals surface area contributed by atoms with Crippen LogP contribution in [-0.2, 0) is 14.3 Å². The van der Waals surface area contributed by atoms with Crippen molar-refractivity contribution in [2.24, 2.45) is 0 Å². The predicted molar refractivity (Wildman–Crippen MR) is 69.1 cm³/mol. The van der Waals surface area contributed by atoms with Gasteiger partial charge < -0.3 is 15.4 Å². The van der Waals surface area contributed by atoms with Crippen molar-refractivity contribution in [2.75, 3.05) is 20.2 Å². The van der Waals surface area contributed by atoms with Gasteiger partial charge in [-0.1, -0.05) is 12.8 Å². The van der Waals surface area contributed by atoms with Gasteiger partial charge in [-0.15, -0.1) is 0 Å². The Bertz CT molecular complexity index is 263. The fourth-order valence-electron chi connectivity index (χ4n) is 2.09. The normalized spacial score (nSPS) is 18.6. The van der Waals surface area contributed by atoms with Crippen LogP contribution in [0.1, 0.15) is 44.9 Å². The highest BCUT2D eigenvalue weighted by molar-refractivity contribution is 5.81. The Balaban J connectivity index is 1.89. The van der Waals surface area contributed by atoms with E-state index in [1.54, 1.807) is 0 Å². The summed E-state index contributed by atoms with van der Waals surface area (Å²) < 4.78 is 4.56. The van der Waals surface area contributed by atoms with Gasteiger partial charge in [0.1, 0.15) is 0 Å². The first-order chi connectivity index (χ1) is 8.74. The number of amides is 1. The van der Waals surface area contributed by atoms with Crippen molar-refractivity contribution in [1.82, 2.24) is 10.6 Å². The third-order valence-electron chi connectivity index (χ3n) is 3.21. The zero-order valence-corrected chi connectivity index (χ0v) is 11.2. The number of unbranched alkanes of at least 4 members (excludes halogenated alkanes) is 3. The van der Waals surface area contributed by atoms with Crippen molar-refractivity contribution in [3.63, 3.8) is 0 Å². The highest BCUT2D eigenvalue weighted by atomic mass is 16.5. The third-order valence-corrected chi connectivity index (χ3v) is 3.21. The van der Waals surface area contributed by atoms with Crippen LogP contribution in [0.3, 0.4) is 0 Å². The van der Waals surface area contributed by atoms with E-state index >= 15 is 0 Å². The van der Waals surface area contributed by atoms with Gasteiger partial charge in [-0.05, 0) is 32.2 Å². The Hall–Kier alpha value is -1.10. The molecule has 1 fully saturated rings. The van der Waals surface area contributed by atoms with Crippen molar-refractivity contribution in [2.45, 2.75) is 51.0 Å². The predicted octanol–water partition coefficient (Wildman–Crippen LogP) is 0.978. The van der Waals surface area contributed by atoms with Gasteiger partial charge in [0.2, 0.25) is 5.91 Å². The van der Waals surface area contributed by atoms with Crippen LogP contribution in [-0.4, -0.2) is 38.1 Å². The van der Waals surface area contributed by atoms with Crippen LogP contribution in [0.2, 0.25) is 0 Å². The smallest absolute Gasteiger partial charge is 0.305 e. The Morgan fingerprint density at radius 1 is 1.28 bits per heavy atom. The molecule has 5 heteroatoms. The van der Waals surface area contributed by atoms with E-state index in [0.29, 0.717) is 6.42 Å². The Kier molecular flexibility index (Phi) is 7.41. The Labute approximate surface area is 109 Å². The van der Waals surface area contributed by atoms with Gasteiger partial charge >= 0.3 is 5.97 Å². The molecule has 0 aromatic rings. The number of carbonyl (C=O) groups is 2. The summed E-state index contributed by atoms with van der Waals surface area (Å²) in [5, 5.41) is 6.12. The van der Waals surface area contributed by atoms with Crippen LogP contribution < -0.4 is 10.6 Å². The largest absolute Gasteiger partial charge is 0.469 e. The second kappa shape index (κ2) is 8.91. The van der Waals surface area contributed by atoms with E-state index < -0.39 is 0 Å². The third kappa shape index (κ3) is 6.00. The number of esters is 1. The summed E-state index contributed by atoms with van der Waals surface area (Å²) in [6.45, 7) is 1.68. The molecular weight excluding hydrogens is 232 g/mol. The van der Waals surface area contributed by atoms with Gasteiger partial charge in [0, 0.05) is 13.0 Å². The number of rotatable bonds is 8. The number of carbonyl (C=O) groups excluding carboxylic acids is 2. The van der Waals surface area contributed by atoms with Crippen molar-refractivity contribution < 1.29 is 14.3 Å². The fourth-order valence-corrected chi connectivity index (χ4v) is 2.09. The number of ether oxygens (including phenoxy) is 1. The first-order valence-electron chi connectivity index (χ1n) is 6.82. The number of methoxy groups -OCH3 is 1. The molecule has 1 aliphatic rings. The molecule has 1 unspecified atom stereocenters. The first-order valence-corrected chi connectivity index (χ1v) is 6.82. The molecule has 1 saturated heterocycles. The molecule has 1 rings (SSSR count). The van der Waals surface area contributed by atoms with Crippen LogP contribution in [0.25, 0.3) is 0 Å². The molecule has 1 amide bonds. The maximum absolute atomic E-state index is 11.6. The molecule has 0 aromatic heterocycles. The molecule has 104 valence electrons. The van der Waals surface area contributed by atoms with E-state index in [4.69, 9.17) is 0 Å². The van der Waals surface area contributed by atoms with Crippen LogP contribution in [0.5, 0.6) is 0 Å². The molecule has 0 radical (unpaired) electrons. The zero-order chi connectivity index (χ0) is 13.2. The highest BCUT2D eigenvalue weighted by Crippen LogP contribution is 2.05. The minimum Gasteiger partial charge on any atom is -0.469 e. The van der Waals surface area contributed by atoms with Crippen molar-refractivity contribution in [3.05, 3.63) is 0 Å². The second-order valence-electron chi connectivity index (χ2n) is 4.68. The maximum Gasteiger partial charge on any atom is 0.305 e. The molecule has 0 saturated carbocycles. The zero-order valence-electron chi connectivity index (χ0n) is 11.2. The van der Waals surface area contributed by atoms with Crippen molar-refractivity contribution in [3.8, 4) is 0 Å². The lowest BCUT2D eigenvalue weighted by Gasteiger charge is -2.10. The standard InChI is InChI=1S/C13H24N2O3/c1-18-12(16)8-4-2-3-5-9-15-13(17)11-7-6-10-14-11/h11,14H,2-10H2,1H3,(H,15,17). The molecule has 1 heterocycles. The summed E-state index contributed by atoms with van der Waals surface area (Å²) in [4.78, 5) is 22.5. The molecule has 2 N–H and O–H groups in total. The Morgan fingerprint density at radius 3 is 2.72 bits per heavy atom. The monoisotopic (exact) mass is 256 g/mol. The van der Waals surface area contributed by atoms with Crippen LogP contribution in [0.15, 0.2) is 0 Å². The van der Waals surface area contributed by atoms with Gasteiger partial charge in [0.05, 0.1) is 13.2 Å². The van der Waals surface area contributed by atoms with Crippen LogP contribution in [0.4, 0.5) is 0 Å². The number of hydrogen-bond donors (Lipinski definition) is 2. The molecule has 18 heavy (non-hydrogen) atoms. The summed E-state index contributed by atoms with van der Waals surface area (Å²) in [6.07, 6.45) is 6.41. The fraction of sp³-hybridized carbons (Fsp3) is 0.846. The van der Waals surface area contributed by atoms with E-state index in [2.05, 4.69) is 15.4 Å². The van der Waals surface area contributed by atoms with E-state index in [9.17, 15) is 9.59 Å². The molecule has 1 aliphatic heterocycles. The quantitative estimate of drug-likeness (QED) is 0.502. The minimum atomic E-state index is -0.143. The average Bonchev–Trinajstić information content (AvgIpc) is 2.91. The highest BCUT2D eigenvalue weighted by Gasteiger charge is 2.20. The van der Waals surface area contributed by atoms with E-state index in [1.165, 1.54) is 7.11 Å². The van der Waals surface area contributed by atoms with Gasteiger partial charge in [-0.25, -0.2) is 0 Å². The SMILES string of the molecule is COC(=O)CCCCCCNC(=O)C1CCCN1. The first kappa shape index (κ1) is 15.0. The molecule has 0 aromatic carbocycles. The molecule has 0 bridgehead atoms. The van der Waals surface area contributed by atoms with Gasteiger partial charge in [-0.2, -0.15) is 0 Å².